The summed E-state index contributed by atoms with van der Waals surface area (Å²) in [7, 11) is 1.94. The largest absolute Gasteiger partial charge is 0.309 e. The Morgan fingerprint density at radius 1 is 1.42 bits per heavy atom. The number of aromatic nitrogens is 3. The van der Waals surface area contributed by atoms with Gasteiger partial charge < -0.3 is 5.32 Å². The number of likely N-dealkylation sites (N-methyl/N-ethyl adjacent to an activating group) is 1. The van der Waals surface area contributed by atoms with E-state index >= 15 is 0 Å². The van der Waals surface area contributed by atoms with Crippen LogP contribution in [0.3, 0.4) is 0 Å². The minimum atomic E-state index is 0.241. The van der Waals surface area contributed by atoms with E-state index in [0.29, 0.717) is 0 Å². The molecule has 1 unspecified atom stereocenters. The average molecular weight is 299 g/mol. The molecular formula is C13H19ClN4S. The lowest BCUT2D eigenvalue weighted by atomic mass is 10.1. The van der Waals surface area contributed by atoms with Gasteiger partial charge in [0, 0.05) is 24.4 Å². The van der Waals surface area contributed by atoms with E-state index < -0.39 is 0 Å². The lowest BCUT2D eigenvalue weighted by molar-refractivity contribution is 0.533. The molecule has 2 aromatic rings. The maximum atomic E-state index is 6.34. The van der Waals surface area contributed by atoms with Gasteiger partial charge in [-0.05, 0) is 20.4 Å². The lowest BCUT2D eigenvalue weighted by Crippen LogP contribution is -2.23. The third kappa shape index (κ3) is 2.99. The first-order chi connectivity index (χ1) is 9.04. The Morgan fingerprint density at radius 3 is 2.63 bits per heavy atom. The molecule has 0 aromatic carbocycles. The van der Waals surface area contributed by atoms with Gasteiger partial charge in [0.25, 0.3) is 0 Å². The first-order valence-electron chi connectivity index (χ1n) is 6.35. The summed E-state index contributed by atoms with van der Waals surface area (Å²) >= 11 is 8.03. The van der Waals surface area contributed by atoms with Gasteiger partial charge in [0.2, 0.25) is 0 Å². The van der Waals surface area contributed by atoms with Crippen molar-refractivity contribution in [3.63, 3.8) is 0 Å². The third-order valence-electron chi connectivity index (χ3n) is 3.21. The fourth-order valence-corrected chi connectivity index (χ4v) is 3.36. The van der Waals surface area contributed by atoms with E-state index in [4.69, 9.17) is 11.6 Å². The molecular weight excluding hydrogens is 280 g/mol. The summed E-state index contributed by atoms with van der Waals surface area (Å²) in [5.41, 5.74) is 4.93. The Labute approximate surface area is 122 Å². The van der Waals surface area contributed by atoms with Gasteiger partial charge in [0.1, 0.15) is 0 Å². The number of rotatable bonds is 5. The van der Waals surface area contributed by atoms with Crippen LogP contribution >= 0.6 is 22.9 Å². The smallest absolute Gasteiger partial charge is 0.0847 e. The molecule has 104 valence electrons. The quantitative estimate of drug-likeness (QED) is 0.922. The van der Waals surface area contributed by atoms with Crippen LogP contribution in [0, 0.1) is 13.8 Å². The van der Waals surface area contributed by atoms with E-state index in [2.05, 4.69) is 22.3 Å². The third-order valence-corrected chi connectivity index (χ3v) is 4.75. The number of nitrogens with one attached hydrogen (secondary N) is 1. The van der Waals surface area contributed by atoms with Gasteiger partial charge in [-0.25, -0.2) is 4.98 Å². The molecule has 0 radical (unpaired) electrons. The lowest BCUT2D eigenvalue weighted by Gasteiger charge is -2.17. The SMILES string of the molecule is CCNC(Cc1c(Cl)c(C)nn1C)c1scnc1C. The maximum absolute atomic E-state index is 6.34. The zero-order chi connectivity index (χ0) is 14.0. The highest BCUT2D eigenvalue weighted by molar-refractivity contribution is 7.09. The van der Waals surface area contributed by atoms with E-state index in [-0.39, 0.29) is 6.04 Å². The van der Waals surface area contributed by atoms with E-state index in [1.54, 1.807) is 11.3 Å². The molecule has 4 nitrogen and oxygen atoms in total. The fourth-order valence-electron chi connectivity index (χ4n) is 2.24. The van der Waals surface area contributed by atoms with E-state index in [1.807, 2.05) is 31.1 Å². The second-order valence-electron chi connectivity index (χ2n) is 4.59. The minimum Gasteiger partial charge on any atom is -0.309 e. The zero-order valence-electron chi connectivity index (χ0n) is 11.7. The molecule has 0 aliphatic carbocycles. The van der Waals surface area contributed by atoms with Crippen molar-refractivity contribution in [3.8, 4) is 0 Å². The van der Waals surface area contributed by atoms with Gasteiger partial charge in [-0.1, -0.05) is 18.5 Å². The predicted molar refractivity (Wildman–Crippen MR) is 79.9 cm³/mol. The van der Waals surface area contributed by atoms with Gasteiger partial charge in [0.15, 0.2) is 0 Å². The van der Waals surface area contributed by atoms with Crippen LogP contribution in [-0.4, -0.2) is 21.3 Å². The minimum absolute atomic E-state index is 0.241. The standard InChI is InChI=1S/C13H19ClN4S/c1-5-15-10(13-9(3)16-7-19-13)6-11-12(14)8(2)17-18(11)4/h7,10,15H,5-6H2,1-4H3. The van der Waals surface area contributed by atoms with Gasteiger partial charge in [0.05, 0.1) is 27.6 Å². The Balaban J connectivity index is 2.29. The Kier molecular flexibility index (Phi) is 4.60. The van der Waals surface area contributed by atoms with Crippen LogP contribution in [0.1, 0.15) is 34.9 Å². The first kappa shape index (κ1) is 14.5. The number of halogens is 1. The molecule has 0 aliphatic rings. The second kappa shape index (κ2) is 6.03. The number of hydrogen-bond acceptors (Lipinski definition) is 4. The Morgan fingerprint density at radius 2 is 2.16 bits per heavy atom. The highest BCUT2D eigenvalue weighted by atomic mass is 35.5. The van der Waals surface area contributed by atoms with Crippen LogP contribution in [0.4, 0.5) is 0 Å². The summed E-state index contributed by atoms with van der Waals surface area (Å²) in [6, 6.07) is 0.241. The van der Waals surface area contributed by atoms with Gasteiger partial charge in [-0.15, -0.1) is 11.3 Å². The first-order valence-corrected chi connectivity index (χ1v) is 7.61. The molecule has 0 bridgehead atoms. The van der Waals surface area contributed by atoms with Crippen LogP contribution in [0.5, 0.6) is 0 Å². The summed E-state index contributed by atoms with van der Waals surface area (Å²) in [5.74, 6) is 0. The second-order valence-corrected chi connectivity index (χ2v) is 5.85. The van der Waals surface area contributed by atoms with Gasteiger partial charge in [-0.3, -0.25) is 4.68 Å². The van der Waals surface area contributed by atoms with Crippen molar-refractivity contribution in [2.24, 2.45) is 7.05 Å². The molecule has 2 aromatic heterocycles. The van der Waals surface area contributed by atoms with Crippen molar-refractivity contribution in [1.29, 1.82) is 0 Å². The number of nitrogens with zero attached hydrogens (tertiary/aromatic N) is 3. The summed E-state index contributed by atoms with van der Waals surface area (Å²) < 4.78 is 1.87. The van der Waals surface area contributed by atoms with Crippen molar-refractivity contribution in [3.05, 3.63) is 32.5 Å². The molecule has 0 saturated heterocycles. The van der Waals surface area contributed by atoms with E-state index in [9.17, 15) is 0 Å². The van der Waals surface area contributed by atoms with Crippen molar-refractivity contribution in [2.75, 3.05) is 6.54 Å². The molecule has 2 rings (SSSR count). The van der Waals surface area contributed by atoms with Crippen molar-refractivity contribution in [1.82, 2.24) is 20.1 Å². The zero-order valence-corrected chi connectivity index (χ0v) is 13.3. The Hall–Kier alpha value is -0.910. The summed E-state index contributed by atoms with van der Waals surface area (Å²) in [6.07, 6.45) is 0.826. The van der Waals surface area contributed by atoms with Crippen LogP contribution in [0.2, 0.25) is 5.02 Å². The topological polar surface area (TPSA) is 42.7 Å². The summed E-state index contributed by atoms with van der Waals surface area (Å²) in [5, 5.41) is 8.65. The maximum Gasteiger partial charge on any atom is 0.0847 e. The van der Waals surface area contributed by atoms with Crippen LogP contribution in [0.25, 0.3) is 0 Å². The molecule has 6 heteroatoms. The molecule has 0 fully saturated rings. The van der Waals surface area contributed by atoms with E-state index in [0.717, 1.165) is 35.1 Å². The summed E-state index contributed by atoms with van der Waals surface area (Å²) in [4.78, 5) is 5.61. The highest BCUT2D eigenvalue weighted by Crippen LogP contribution is 2.28. The molecule has 0 saturated carbocycles. The molecule has 1 atom stereocenters. The average Bonchev–Trinajstić information content (AvgIpc) is 2.88. The molecule has 0 aliphatic heterocycles. The van der Waals surface area contributed by atoms with Crippen LogP contribution < -0.4 is 5.32 Å². The van der Waals surface area contributed by atoms with Gasteiger partial charge >= 0.3 is 0 Å². The molecule has 0 spiro atoms. The van der Waals surface area contributed by atoms with Crippen molar-refractivity contribution < 1.29 is 0 Å². The Bertz CT molecular complexity index is 561. The van der Waals surface area contributed by atoms with Crippen LogP contribution in [0.15, 0.2) is 5.51 Å². The van der Waals surface area contributed by atoms with Gasteiger partial charge in [-0.2, -0.15) is 5.10 Å². The molecule has 0 amide bonds. The monoisotopic (exact) mass is 298 g/mol. The molecule has 19 heavy (non-hydrogen) atoms. The predicted octanol–water partition coefficient (Wildman–Crippen LogP) is 3.04. The van der Waals surface area contributed by atoms with E-state index in [1.165, 1.54) is 4.88 Å². The number of thiazole rings is 1. The summed E-state index contributed by atoms with van der Waals surface area (Å²) in [6.45, 7) is 7.01. The normalized spacial score (nSPS) is 12.9. The van der Waals surface area contributed by atoms with Crippen molar-refractivity contribution in [2.45, 2.75) is 33.2 Å². The van der Waals surface area contributed by atoms with Crippen molar-refractivity contribution >= 4 is 22.9 Å². The molecule has 2 heterocycles. The van der Waals surface area contributed by atoms with Crippen LogP contribution in [-0.2, 0) is 13.5 Å². The highest BCUT2D eigenvalue weighted by Gasteiger charge is 2.20. The number of aryl methyl sites for hydroxylation is 3. The number of hydrogen-bond donors (Lipinski definition) is 1. The fraction of sp³-hybridized carbons (Fsp3) is 0.538. The molecule has 1 N–H and O–H groups in total.